The maximum absolute atomic E-state index is 11.4. The number of hydrogen-bond acceptors (Lipinski definition) is 4. The number of amides is 1. The Bertz CT molecular complexity index is 445. The molecule has 0 radical (unpaired) electrons. The summed E-state index contributed by atoms with van der Waals surface area (Å²) >= 11 is 0. The summed E-state index contributed by atoms with van der Waals surface area (Å²) in [7, 11) is 3.18. The highest BCUT2D eigenvalue weighted by Gasteiger charge is 2.29. The lowest BCUT2D eigenvalue weighted by molar-refractivity contribution is -0.122. The Morgan fingerprint density at radius 3 is 2.39 bits per heavy atom. The number of nitrogens with zero attached hydrogens (tertiary/aromatic N) is 1. The Morgan fingerprint density at radius 2 is 1.89 bits per heavy atom. The normalized spacial score (nSPS) is 14.6. The van der Waals surface area contributed by atoms with Crippen LogP contribution in [-0.2, 0) is 4.79 Å². The third-order valence-corrected chi connectivity index (χ3v) is 2.71. The zero-order valence-electron chi connectivity index (χ0n) is 10.5. The van der Waals surface area contributed by atoms with Crippen LogP contribution in [0.5, 0.6) is 11.5 Å². The number of nitrogens with one attached hydrogen (secondary N) is 1. The van der Waals surface area contributed by atoms with Gasteiger partial charge in [0.1, 0.15) is 11.5 Å². The third-order valence-electron chi connectivity index (χ3n) is 2.71. The van der Waals surface area contributed by atoms with Crippen molar-refractivity contribution in [3.63, 3.8) is 0 Å². The van der Waals surface area contributed by atoms with Crippen LogP contribution in [0.4, 0.5) is 0 Å². The monoisotopic (exact) mass is 248 g/mol. The van der Waals surface area contributed by atoms with Crippen LogP contribution in [0.25, 0.3) is 0 Å². The second kappa shape index (κ2) is 5.53. The molecule has 0 aliphatic heterocycles. The van der Waals surface area contributed by atoms with Crippen molar-refractivity contribution in [2.75, 3.05) is 14.2 Å². The van der Waals surface area contributed by atoms with Crippen LogP contribution in [0.15, 0.2) is 23.3 Å². The van der Waals surface area contributed by atoms with Gasteiger partial charge in [-0.3, -0.25) is 4.79 Å². The summed E-state index contributed by atoms with van der Waals surface area (Å²) in [4.78, 5) is 11.4. The first-order chi connectivity index (χ1) is 8.72. The Hall–Kier alpha value is -2.04. The fourth-order valence-corrected chi connectivity index (χ4v) is 1.51. The van der Waals surface area contributed by atoms with Gasteiger partial charge in [0.25, 0.3) is 0 Å². The van der Waals surface area contributed by atoms with Gasteiger partial charge in [-0.1, -0.05) is 0 Å². The number of carbonyl (C=O) groups is 1. The lowest BCUT2D eigenvalue weighted by Gasteiger charge is -2.05. The molecule has 0 spiro atoms. The molecule has 1 fully saturated rings. The van der Waals surface area contributed by atoms with Gasteiger partial charge in [0.2, 0.25) is 5.91 Å². The van der Waals surface area contributed by atoms with Crippen molar-refractivity contribution < 1.29 is 14.3 Å². The molecule has 1 aromatic carbocycles. The predicted molar refractivity (Wildman–Crippen MR) is 68.0 cm³/mol. The van der Waals surface area contributed by atoms with E-state index in [0.29, 0.717) is 11.5 Å². The van der Waals surface area contributed by atoms with Crippen LogP contribution in [-0.4, -0.2) is 26.3 Å². The molecule has 0 aromatic heterocycles. The number of ether oxygens (including phenoxy) is 2. The van der Waals surface area contributed by atoms with E-state index >= 15 is 0 Å². The largest absolute Gasteiger partial charge is 0.497 e. The molecule has 1 amide bonds. The Labute approximate surface area is 106 Å². The number of hydrogen-bond donors (Lipinski definition) is 1. The van der Waals surface area contributed by atoms with E-state index in [-0.39, 0.29) is 11.8 Å². The molecule has 1 aromatic rings. The first kappa shape index (κ1) is 12.4. The molecule has 1 aliphatic carbocycles. The summed E-state index contributed by atoms with van der Waals surface area (Å²) in [6, 6.07) is 5.41. The van der Waals surface area contributed by atoms with Gasteiger partial charge in [-0.15, -0.1) is 0 Å². The second-order valence-electron chi connectivity index (χ2n) is 4.15. The van der Waals surface area contributed by atoms with Gasteiger partial charge in [-0.25, -0.2) is 5.43 Å². The van der Waals surface area contributed by atoms with Crippen LogP contribution in [0.2, 0.25) is 0 Å². The number of hydrazone groups is 1. The number of benzene rings is 1. The predicted octanol–water partition coefficient (Wildman–Crippen LogP) is 1.56. The minimum Gasteiger partial charge on any atom is -0.497 e. The Balaban J connectivity index is 2.02. The van der Waals surface area contributed by atoms with Crippen LogP contribution < -0.4 is 14.9 Å². The highest BCUT2D eigenvalue weighted by Crippen LogP contribution is 2.28. The molecule has 1 saturated carbocycles. The van der Waals surface area contributed by atoms with E-state index in [4.69, 9.17) is 9.47 Å². The number of rotatable bonds is 5. The van der Waals surface area contributed by atoms with Crippen molar-refractivity contribution in [2.45, 2.75) is 12.8 Å². The van der Waals surface area contributed by atoms with Crippen molar-refractivity contribution in [3.8, 4) is 11.5 Å². The van der Waals surface area contributed by atoms with Crippen molar-refractivity contribution in [2.24, 2.45) is 11.0 Å². The van der Waals surface area contributed by atoms with Gasteiger partial charge in [0.05, 0.1) is 20.4 Å². The molecule has 2 rings (SSSR count). The minimum absolute atomic E-state index is 0.0129. The molecule has 96 valence electrons. The maximum atomic E-state index is 11.4. The molecule has 0 bridgehead atoms. The Kier molecular flexibility index (Phi) is 3.82. The lowest BCUT2D eigenvalue weighted by atomic mass is 10.2. The fraction of sp³-hybridized carbons (Fsp3) is 0.385. The van der Waals surface area contributed by atoms with E-state index < -0.39 is 0 Å². The maximum Gasteiger partial charge on any atom is 0.243 e. The third kappa shape index (κ3) is 3.23. The van der Waals surface area contributed by atoms with Gasteiger partial charge in [0.15, 0.2) is 0 Å². The molecule has 0 saturated heterocycles. The molecule has 1 N–H and O–H groups in total. The summed E-state index contributed by atoms with van der Waals surface area (Å²) in [5.41, 5.74) is 3.32. The van der Waals surface area contributed by atoms with Crippen molar-refractivity contribution in [1.82, 2.24) is 5.43 Å². The van der Waals surface area contributed by atoms with Crippen molar-refractivity contribution in [3.05, 3.63) is 23.8 Å². The van der Waals surface area contributed by atoms with E-state index in [0.717, 1.165) is 18.4 Å². The van der Waals surface area contributed by atoms with Crippen molar-refractivity contribution >= 4 is 12.1 Å². The summed E-state index contributed by atoms with van der Waals surface area (Å²) in [5, 5.41) is 3.92. The first-order valence-corrected chi connectivity index (χ1v) is 5.79. The zero-order valence-corrected chi connectivity index (χ0v) is 10.5. The van der Waals surface area contributed by atoms with Gasteiger partial charge in [-0.05, 0) is 25.0 Å². The molecular weight excluding hydrogens is 232 g/mol. The average Bonchev–Trinajstić information content (AvgIpc) is 3.22. The first-order valence-electron chi connectivity index (χ1n) is 5.79. The molecule has 1 aliphatic rings. The van der Waals surface area contributed by atoms with Gasteiger partial charge in [-0.2, -0.15) is 5.10 Å². The molecule has 5 nitrogen and oxygen atoms in total. The fourth-order valence-electron chi connectivity index (χ4n) is 1.51. The second-order valence-corrected chi connectivity index (χ2v) is 4.15. The van der Waals surface area contributed by atoms with Crippen LogP contribution >= 0.6 is 0 Å². The molecule has 5 heteroatoms. The molecular formula is C13H16N2O3. The SMILES string of the molecule is COc1cc(/C=N/NC(=O)C2CC2)cc(OC)c1. The summed E-state index contributed by atoms with van der Waals surface area (Å²) in [5.74, 6) is 1.51. The summed E-state index contributed by atoms with van der Waals surface area (Å²) in [6.45, 7) is 0. The quantitative estimate of drug-likeness (QED) is 0.635. The van der Waals surface area contributed by atoms with Crippen LogP contribution in [0.1, 0.15) is 18.4 Å². The lowest BCUT2D eigenvalue weighted by Crippen LogP contribution is -2.18. The zero-order chi connectivity index (χ0) is 13.0. The number of methoxy groups -OCH3 is 2. The molecule has 0 atom stereocenters. The van der Waals surface area contributed by atoms with E-state index in [1.165, 1.54) is 0 Å². The summed E-state index contributed by atoms with van der Waals surface area (Å²) in [6.07, 6.45) is 3.51. The molecule has 0 heterocycles. The molecule has 0 unspecified atom stereocenters. The molecule has 18 heavy (non-hydrogen) atoms. The van der Waals surface area contributed by atoms with Gasteiger partial charge >= 0.3 is 0 Å². The standard InChI is InChI=1S/C13H16N2O3/c1-17-11-5-9(6-12(7-11)18-2)8-14-15-13(16)10-3-4-10/h5-8,10H,3-4H2,1-2H3,(H,15,16)/b14-8+. The minimum atomic E-state index is -0.0129. The van der Waals surface area contributed by atoms with Gasteiger partial charge in [0, 0.05) is 17.5 Å². The average molecular weight is 248 g/mol. The number of carbonyl (C=O) groups excluding carboxylic acids is 1. The van der Waals surface area contributed by atoms with Crippen LogP contribution in [0.3, 0.4) is 0 Å². The Morgan fingerprint density at radius 1 is 1.28 bits per heavy atom. The highest BCUT2D eigenvalue weighted by atomic mass is 16.5. The van der Waals surface area contributed by atoms with Crippen LogP contribution in [0, 0.1) is 5.92 Å². The van der Waals surface area contributed by atoms with Gasteiger partial charge < -0.3 is 9.47 Å². The van der Waals surface area contributed by atoms with E-state index in [9.17, 15) is 4.79 Å². The highest BCUT2D eigenvalue weighted by molar-refractivity contribution is 5.85. The van der Waals surface area contributed by atoms with E-state index in [1.54, 1.807) is 26.5 Å². The van der Waals surface area contributed by atoms with Crippen molar-refractivity contribution in [1.29, 1.82) is 0 Å². The van der Waals surface area contributed by atoms with E-state index in [1.807, 2.05) is 12.1 Å². The van der Waals surface area contributed by atoms with E-state index in [2.05, 4.69) is 10.5 Å². The smallest absolute Gasteiger partial charge is 0.243 e. The summed E-state index contributed by atoms with van der Waals surface area (Å²) < 4.78 is 10.3. The topological polar surface area (TPSA) is 59.9 Å².